The molecule has 0 bridgehead atoms. The van der Waals surface area contributed by atoms with Crippen LogP contribution in [0.1, 0.15) is 11.1 Å². The molecule has 7 nitrogen and oxygen atoms in total. The minimum absolute atomic E-state index is 0.518. The summed E-state index contributed by atoms with van der Waals surface area (Å²) >= 11 is 0. The van der Waals surface area contributed by atoms with Crippen molar-refractivity contribution in [2.24, 2.45) is 4.99 Å². The van der Waals surface area contributed by atoms with Gasteiger partial charge in [-0.25, -0.2) is 0 Å². The maximum absolute atomic E-state index is 5.75. The lowest BCUT2D eigenvalue weighted by Gasteiger charge is -2.15. The summed E-state index contributed by atoms with van der Waals surface area (Å²) in [5.41, 5.74) is 2.43. The molecule has 29 heavy (non-hydrogen) atoms. The molecule has 0 fully saturated rings. The second kappa shape index (κ2) is 10.8. The molecule has 0 radical (unpaired) electrons. The van der Waals surface area contributed by atoms with Gasteiger partial charge in [0.2, 0.25) is 0 Å². The van der Waals surface area contributed by atoms with Crippen LogP contribution in [0.5, 0.6) is 11.5 Å². The number of methoxy groups -OCH3 is 1. The number of nitrogens with zero attached hydrogens (tertiary/aromatic N) is 3. The van der Waals surface area contributed by atoms with Gasteiger partial charge in [0.1, 0.15) is 18.1 Å². The zero-order valence-corrected chi connectivity index (χ0v) is 16.8. The molecule has 2 aromatic carbocycles. The van der Waals surface area contributed by atoms with Crippen LogP contribution in [0, 0.1) is 0 Å². The van der Waals surface area contributed by atoms with E-state index in [2.05, 4.69) is 32.9 Å². The van der Waals surface area contributed by atoms with Crippen molar-refractivity contribution >= 4 is 5.96 Å². The summed E-state index contributed by atoms with van der Waals surface area (Å²) in [6, 6.07) is 17.8. The van der Waals surface area contributed by atoms with Gasteiger partial charge in [-0.15, -0.1) is 0 Å². The number of aromatic nitrogens is 2. The van der Waals surface area contributed by atoms with Crippen molar-refractivity contribution in [3.63, 3.8) is 0 Å². The average Bonchev–Trinajstić information content (AvgIpc) is 3.27. The number of nitrogens with one attached hydrogen (secondary N) is 2. The number of ether oxygens (including phenoxy) is 2. The molecule has 0 saturated heterocycles. The van der Waals surface area contributed by atoms with Crippen molar-refractivity contribution in [2.45, 2.75) is 13.1 Å². The lowest BCUT2D eigenvalue weighted by atomic mass is 10.1. The monoisotopic (exact) mass is 393 g/mol. The van der Waals surface area contributed by atoms with Gasteiger partial charge in [-0.1, -0.05) is 30.3 Å². The number of hydrogen-bond donors (Lipinski definition) is 2. The average molecular weight is 393 g/mol. The highest BCUT2D eigenvalue weighted by Gasteiger charge is 2.05. The van der Waals surface area contributed by atoms with Crippen molar-refractivity contribution < 1.29 is 9.47 Å². The Balaban J connectivity index is 1.46. The summed E-state index contributed by atoms with van der Waals surface area (Å²) in [5.74, 6) is 2.29. The van der Waals surface area contributed by atoms with Gasteiger partial charge >= 0.3 is 0 Å². The van der Waals surface area contributed by atoms with E-state index < -0.39 is 0 Å². The Bertz CT molecular complexity index is 909. The molecule has 0 spiro atoms. The van der Waals surface area contributed by atoms with Gasteiger partial charge in [0.25, 0.3) is 0 Å². The maximum Gasteiger partial charge on any atom is 0.191 e. The van der Waals surface area contributed by atoms with E-state index in [1.165, 1.54) is 11.1 Å². The first-order valence-electron chi connectivity index (χ1n) is 9.54. The van der Waals surface area contributed by atoms with E-state index in [-0.39, 0.29) is 0 Å². The predicted molar refractivity (Wildman–Crippen MR) is 114 cm³/mol. The normalized spacial score (nSPS) is 11.2. The summed E-state index contributed by atoms with van der Waals surface area (Å²) in [5, 5.41) is 10.9. The molecule has 2 N–H and O–H groups in total. The highest BCUT2D eigenvalue weighted by Crippen LogP contribution is 2.18. The molecule has 152 valence electrons. The predicted octanol–water partition coefficient (Wildman–Crippen LogP) is 2.68. The summed E-state index contributed by atoms with van der Waals surface area (Å²) in [6.45, 7) is 2.56. The molecule has 3 aromatic rings. The van der Waals surface area contributed by atoms with Gasteiger partial charge < -0.3 is 20.1 Å². The van der Waals surface area contributed by atoms with E-state index in [4.69, 9.17) is 9.47 Å². The van der Waals surface area contributed by atoms with Crippen LogP contribution in [0.15, 0.2) is 72.0 Å². The first-order chi connectivity index (χ1) is 14.3. The van der Waals surface area contributed by atoms with Crippen LogP contribution in [0.4, 0.5) is 0 Å². The lowest BCUT2D eigenvalue weighted by molar-refractivity contribution is 0.319. The second-order valence-corrected chi connectivity index (χ2v) is 6.35. The van der Waals surface area contributed by atoms with Gasteiger partial charge in [0.15, 0.2) is 5.96 Å². The molecule has 0 amide bonds. The van der Waals surface area contributed by atoms with Crippen LogP contribution >= 0.6 is 0 Å². The number of rotatable bonds is 9. The van der Waals surface area contributed by atoms with Crippen LogP contribution in [0.2, 0.25) is 0 Å². The van der Waals surface area contributed by atoms with E-state index in [1.807, 2.05) is 53.3 Å². The minimum Gasteiger partial charge on any atom is -0.497 e. The number of hydrogen-bond acceptors (Lipinski definition) is 4. The molecule has 0 aliphatic rings. The molecule has 7 heteroatoms. The molecule has 0 saturated carbocycles. The fraction of sp³-hybridized carbons (Fsp3) is 0.273. The number of benzene rings is 2. The minimum atomic E-state index is 0.518. The van der Waals surface area contributed by atoms with Crippen LogP contribution in [-0.4, -0.2) is 43.0 Å². The van der Waals surface area contributed by atoms with E-state index in [9.17, 15) is 0 Å². The Hall–Kier alpha value is -3.48. The fourth-order valence-corrected chi connectivity index (χ4v) is 2.88. The van der Waals surface area contributed by atoms with Gasteiger partial charge in [-0.3, -0.25) is 9.67 Å². The molecular formula is C22H27N5O2. The third kappa shape index (κ3) is 6.27. The summed E-state index contributed by atoms with van der Waals surface area (Å²) in [6.07, 6.45) is 3.76. The molecule has 0 aliphatic heterocycles. The van der Waals surface area contributed by atoms with Crippen LogP contribution in [0.25, 0.3) is 0 Å². The summed E-state index contributed by atoms with van der Waals surface area (Å²) in [4.78, 5) is 4.28. The van der Waals surface area contributed by atoms with Crippen LogP contribution < -0.4 is 20.1 Å². The van der Waals surface area contributed by atoms with Crippen molar-refractivity contribution in [2.75, 3.05) is 27.3 Å². The molecule has 0 unspecified atom stereocenters. The molecule has 0 aliphatic carbocycles. The fourth-order valence-electron chi connectivity index (χ4n) is 2.88. The molecule has 3 rings (SSSR count). The van der Waals surface area contributed by atoms with Crippen LogP contribution in [-0.2, 0) is 13.1 Å². The Labute approximate surface area is 171 Å². The molecule has 1 heterocycles. The first kappa shape index (κ1) is 20.3. The van der Waals surface area contributed by atoms with Gasteiger partial charge in [-0.05, 0) is 29.3 Å². The van der Waals surface area contributed by atoms with E-state index >= 15 is 0 Å². The van der Waals surface area contributed by atoms with E-state index in [1.54, 1.807) is 20.4 Å². The van der Waals surface area contributed by atoms with Crippen molar-refractivity contribution in [3.05, 3.63) is 78.1 Å². The second-order valence-electron chi connectivity index (χ2n) is 6.35. The highest BCUT2D eigenvalue weighted by atomic mass is 16.5. The van der Waals surface area contributed by atoms with Crippen LogP contribution in [0.3, 0.4) is 0 Å². The molecular weight excluding hydrogens is 366 g/mol. The van der Waals surface area contributed by atoms with E-state index in [0.717, 1.165) is 24.0 Å². The Morgan fingerprint density at radius 2 is 1.86 bits per heavy atom. The zero-order valence-electron chi connectivity index (χ0n) is 16.8. The molecule has 0 atom stereocenters. The number of guanidine groups is 1. The zero-order chi connectivity index (χ0) is 20.3. The van der Waals surface area contributed by atoms with E-state index in [0.29, 0.717) is 19.7 Å². The maximum atomic E-state index is 5.75. The third-order valence-corrected chi connectivity index (χ3v) is 4.38. The van der Waals surface area contributed by atoms with Gasteiger partial charge in [0, 0.05) is 32.1 Å². The first-order valence-corrected chi connectivity index (χ1v) is 9.54. The quantitative estimate of drug-likeness (QED) is 0.332. The summed E-state index contributed by atoms with van der Waals surface area (Å²) < 4.78 is 12.9. The Morgan fingerprint density at radius 3 is 2.62 bits per heavy atom. The topological polar surface area (TPSA) is 72.7 Å². The SMILES string of the molecule is CN=C(NCCOc1cccc(OC)c1)NCc1ccccc1Cn1cccn1. The number of aliphatic imine (C=N–C) groups is 1. The van der Waals surface area contributed by atoms with Crippen molar-refractivity contribution in [1.29, 1.82) is 0 Å². The van der Waals surface area contributed by atoms with Gasteiger partial charge in [-0.2, -0.15) is 5.10 Å². The third-order valence-electron chi connectivity index (χ3n) is 4.38. The Kier molecular flexibility index (Phi) is 7.51. The highest BCUT2D eigenvalue weighted by molar-refractivity contribution is 5.79. The lowest BCUT2D eigenvalue weighted by Crippen LogP contribution is -2.39. The van der Waals surface area contributed by atoms with Crippen molar-refractivity contribution in [1.82, 2.24) is 20.4 Å². The standard InChI is InChI=1S/C22H27N5O2/c1-23-22(24-12-14-29-21-10-5-9-20(15-21)28-2)25-16-18-7-3-4-8-19(18)17-27-13-6-11-26-27/h3-11,13,15H,12,14,16-17H2,1-2H3,(H2,23,24,25). The summed E-state index contributed by atoms with van der Waals surface area (Å²) in [7, 11) is 3.40. The Morgan fingerprint density at radius 1 is 1.03 bits per heavy atom. The molecule has 1 aromatic heterocycles. The largest absolute Gasteiger partial charge is 0.497 e. The smallest absolute Gasteiger partial charge is 0.191 e. The van der Waals surface area contributed by atoms with Gasteiger partial charge in [0.05, 0.1) is 20.2 Å². The van der Waals surface area contributed by atoms with Crippen molar-refractivity contribution in [3.8, 4) is 11.5 Å².